The monoisotopic (exact) mass is 957 g/mol. The molecule has 0 amide bonds. The van der Waals surface area contributed by atoms with Crippen LogP contribution in [0.4, 0.5) is 39.5 Å². The van der Waals surface area contributed by atoms with E-state index < -0.39 is 51.0 Å². The molecule has 4 aromatic rings. The molecule has 0 N–H and O–H groups in total. The molecular formula is C46H46Cl2F9SiZr. The Kier molecular flexibility index (Phi) is 11.6. The molecule has 2 unspecified atom stereocenters. The summed E-state index contributed by atoms with van der Waals surface area (Å²) >= 11 is -5.31. The van der Waals surface area contributed by atoms with Gasteiger partial charge in [0, 0.05) is 0 Å². The second-order valence-corrected chi connectivity index (χ2v) is 59.8. The number of hydrogen-bond acceptors (Lipinski definition) is 0. The van der Waals surface area contributed by atoms with Gasteiger partial charge in [-0.1, -0.05) is 0 Å². The van der Waals surface area contributed by atoms with Crippen LogP contribution in [-0.2, 0) is 21.0 Å². The fourth-order valence-corrected chi connectivity index (χ4v) is 42.3. The number of hydrogen-bond donors (Lipinski definition) is 0. The Morgan fingerprint density at radius 3 is 1.53 bits per heavy atom. The molecule has 0 aliphatic heterocycles. The molecule has 2 atom stereocenters. The van der Waals surface area contributed by atoms with Gasteiger partial charge in [-0.05, 0) is 0 Å². The van der Waals surface area contributed by atoms with E-state index in [0.717, 1.165) is 77.6 Å². The predicted molar refractivity (Wildman–Crippen MR) is 222 cm³/mol. The molecule has 1 saturated carbocycles. The molecule has 3 aliphatic carbocycles. The molecule has 0 heterocycles. The summed E-state index contributed by atoms with van der Waals surface area (Å²) in [6.45, 7) is 10.7. The summed E-state index contributed by atoms with van der Waals surface area (Å²) in [5, 5.41) is 0. The van der Waals surface area contributed by atoms with E-state index in [9.17, 15) is 39.5 Å². The van der Waals surface area contributed by atoms with E-state index in [1.54, 1.807) is 12.1 Å². The van der Waals surface area contributed by atoms with E-state index >= 15 is 0 Å². The van der Waals surface area contributed by atoms with Gasteiger partial charge in [0.15, 0.2) is 0 Å². The summed E-state index contributed by atoms with van der Waals surface area (Å²) in [5.74, 6) is -1.33. The summed E-state index contributed by atoms with van der Waals surface area (Å²) in [5.41, 5.74) is 2.01. The van der Waals surface area contributed by atoms with Crippen LogP contribution in [0.15, 0.2) is 96.1 Å². The molecule has 4 aromatic carbocycles. The van der Waals surface area contributed by atoms with Crippen molar-refractivity contribution in [1.29, 1.82) is 0 Å². The van der Waals surface area contributed by atoms with Crippen molar-refractivity contribution in [2.75, 3.05) is 0 Å². The Hall–Kier alpha value is -2.59. The Morgan fingerprint density at radius 2 is 1.07 bits per heavy atom. The maximum atomic E-state index is 14.0. The van der Waals surface area contributed by atoms with E-state index in [1.807, 2.05) is 19.1 Å². The molecule has 315 valence electrons. The minimum absolute atomic E-state index is 0.165. The molecule has 13 heteroatoms. The maximum absolute atomic E-state index is 14.0. The van der Waals surface area contributed by atoms with Gasteiger partial charge in [-0.15, -0.1) is 0 Å². The second-order valence-electron chi connectivity index (χ2n) is 17.3. The van der Waals surface area contributed by atoms with Crippen LogP contribution in [0.2, 0.25) is 13.1 Å². The van der Waals surface area contributed by atoms with Gasteiger partial charge in [-0.3, -0.25) is 0 Å². The molecule has 59 heavy (non-hydrogen) atoms. The van der Waals surface area contributed by atoms with Gasteiger partial charge in [0.2, 0.25) is 0 Å². The summed E-state index contributed by atoms with van der Waals surface area (Å²) in [6, 6.07) is 22.8. The molecule has 7 rings (SSSR count). The van der Waals surface area contributed by atoms with Crippen molar-refractivity contribution in [3.05, 3.63) is 129 Å². The minimum atomic E-state index is -6.71. The van der Waals surface area contributed by atoms with Crippen LogP contribution < -0.4 is 0 Å². The third-order valence-electron chi connectivity index (χ3n) is 13.4. The average molecular weight is 960 g/mol. The number of alkyl halides is 9. The van der Waals surface area contributed by atoms with Gasteiger partial charge in [-0.25, -0.2) is 0 Å². The first-order valence-electron chi connectivity index (χ1n) is 20.1. The molecule has 3 aliphatic rings. The first-order chi connectivity index (χ1) is 27.4. The van der Waals surface area contributed by atoms with Gasteiger partial charge in [0.1, 0.15) is 0 Å². The van der Waals surface area contributed by atoms with Crippen molar-refractivity contribution in [3.8, 4) is 22.3 Å². The molecule has 0 nitrogen and oxygen atoms in total. The predicted octanol–water partition coefficient (Wildman–Crippen LogP) is 16.2. The van der Waals surface area contributed by atoms with E-state index in [0.29, 0.717) is 23.0 Å². The van der Waals surface area contributed by atoms with Crippen LogP contribution in [0.3, 0.4) is 0 Å². The van der Waals surface area contributed by atoms with Crippen LogP contribution in [-0.4, -0.2) is 24.5 Å². The molecule has 0 spiro atoms. The second kappa shape index (κ2) is 15.3. The van der Waals surface area contributed by atoms with Gasteiger partial charge in [0.05, 0.1) is 0 Å². The zero-order valence-electron chi connectivity index (χ0n) is 33.3. The van der Waals surface area contributed by atoms with E-state index in [1.165, 1.54) is 11.1 Å². The fourth-order valence-electron chi connectivity index (χ4n) is 10.4. The molecule has 0 bridgehead atoms. The normalized spacial score (nSPS) is 20.0. The first kappa shape index (κ1) is 44.5. The average Bonchev–Trinajstić information content (AvgIpc) is 3.73. The molecular weight excluding hydrogens is 914 g/mol. The van der Waals surface area contributed by atoms with E-state index in [2.05, 4.69) is 75.5 Å². The third kappa shape index (κ3) is 6.99. The fraction of sp³-hybridized carbons (Fsp3) is 0.391. The van der Waals surface area contributed by atoms with Gasteiger partial charge in [0.25, 0.3) is 0 Å². The Bertz CT molecular complexity index is 2260. The number of benzene rings is 4. The molecule has 0 saturated heterocycles. The third-order valence-corrected chi connectivity index (χ3v) is 65.4. The van der Waals surface area contributed by atoms with E-state index in [-0.39, 0.29) is 24.9 Å². The number of rotatable bonds is 8. The van der Waals surface area contributed by atoms with Crippen molar-refractivity contribution in [1.82, 2.24) is 0 Å². The Morgan fingerprint density at radius 1 is 0.610 bits per heavy atom. The first-order valence-corrected chi connectivity index (χ1v) is 36.4. The zero-order chi connectivity index (χ0) is 43.1. The summed E-state index contributed by atoms with van der Waals surface area (Å²) in [4.78, 5) is 0. The number of allylic oxidation sites excluding steroid dienone is 2. The van der Waals surface area contributed by atoms with Crippen LogP contribution in [0.5, 0.6) is 0 Å². The Balaban J connectivity index is 1.38. The van der Waals surface area contributed by atoms with Crippen molar-refractivity contribution in [2.24, 2.45) is 5.92 Å². The standard InChI is InChI=1S/C24H27.C20H12F9.C2H7Si.2ClH.Zr/c1-17(2)18-11-13-20(14-12-18)23-10-6-9-21-15-22(16-24(21)23)19-7-4-3-5-8-19;1-11-9-13-3-2-4-15(16(13)10-11)12-5-7-14(8-6-12)17(18(21,22)23,19(24,25)26)20(27,28)29;1-3-2;;;/h6,9-17,19H,3-5,7-8H2,1-2H3;2-10H,1H3;3H,1-2H3;2*1H;/q;;;;;+2/p-2. The van der Waals surface area contributed by atoms with Crippen molar-refractivity contribution >= 4 is 35.1 Å². The van der Waals surface area contributed by atoms with Crippen molar-refractivity contribution < 1.29 is 55.1 Å². The van der Waals surface area contributed by atoms with Gasteiger partial charge < -0.3 is 0 Å². The summed E-state index contributed by atoms with van der Waals surface area (Å²) in [6.07, 6.45) is -10.4. The molecule has 0 radical (unpaired) electrons. The molecule has 1 fully saturated rings. The van der Waals surface area contributed by atoms with Crippen molar-refractivity contribution in [3.63, 3.8) is 0 Å². The van der Waals surface area contributed by atoms with Crippen LogP contribution >= 0.6 is 17.0 Å². The van der Waals surface area contributed by atoms with E-state index in [4.69, 9.17) is 17.0 Å². The summed E-state index contributed by atoms with van der Waals surface area (Å²) in [7, 11) is 17.2. The topological polar surface area (TPSA) is 0 Å². The van der Waals surface area contributed by atoms with Crippen LogP contribution in [0.25, 0.3) is 34.4 Å². The zero-order valence-corrected chi connectivity index (χ0v) is 38.4. The van der Waals surface area contributed by atoms with Crippen molar-refractivity contribution in [2.45, 2.75) is 103 Å². The Labute approximate surface area is 348 Å². The van der Waals surface area contributed by atoms with Gasteiger partial charge in [-0.2, -0.15) is 0 Å². The number of fused-ring (bicyclic) bond motifs is 2. The van der Waals surface area contributed by atoms with Crippen LogP contribution in [0.1, 0.15) is 99.4 Å². The van der Waals surface area contributed by atoms with Crippen LogP contribution in [0, 0.1) is 5.92 Å². The SMILES string of the molecule is CC1=Cc2c(-c3ccc(C(C(F)(F)F)(C(F)(F)F)C(F)(F)F)cc3)cccc2[CH]1[Zr]([Cl])([Cl])([CH]1C(C2CCCCC2)=Cc2c(-c3ccc(C(C)C)cc3)cccc21)[SiH](C)C. The molecule has 0 aromatic heterocycles. The number of halogens is 11. The summed E-state index contributed by atoms with van der Waals surface area (Å²) < 4.78 is 125. The van der Waals surface area contributed by atoms with Gasteiger partial charge >= 0.3 is 351 Å². The quantitative estimate of drug-likeness (QED) is 0.122.